The van der Waals surface area contributed by atoms with Crippen LogP contribution in [0.5, 0.6) is 0 Å². The van der Waals surface area contributed by atoms with Gasteiger partial charge in [0.1, 0.15) is 5.82 Å². The summed E-state index contributed by atoms with van der Waals surface area (Å²) in [7, 11) is 0. The molecule has 7 heteroatoms. The van der Waals surface area contributed by atoms with Crippen molar-refractivity contribution in [2.24, 2.45) is 11.8 Å². The van der Waals surface area contributed by atoms with Crippen molar-refractivity contribution in [2.45, 2.75) is 33.1 Å². The van der Waals surface area contributed by atoms with Crippen LogP contribution in [0.2, 0.25) is 0 Å². The second kappa shape index (κ2) is 8.88. The molecule has 2 saturated heterocycles. The average Bonchev–Trinajstić information content (AvgIpc) is 3.15. The lowest BCUT2D eigenvalue weighted by Gasteiger charge is -2.32. The van der Waals surface area contributed by atoms with Crippen LogP contribution in [0.4, 0.5) is 11.5 Å². The smallest absolute Gasteiger partial charge is 0.228 e. The molecule has 3 heterocycles. The Morgan fingerprint density at radius 2 is 1.71 bits per heavy atom. The first-order valence-electron chi connectivity index (χ1n) is 10.8. The normalized spacial score (nSPS) is 19.5. The Kier molecular flexibility index (Phi) is 6.02. The highest BCUT2D eigenvalue weighted by molar-refractivity contribution is 6.00. The molecule has 1 aromatic heterocycles. The monoisotopic (exact) mass is 420 g/mol. The third kappa shape index (κ3) is 4.76. The molecular formula is C24H28N4O3. The van der Waals surface area contributed by atoms with Gasteiger partial charge < -0.3 is 15.1 Å². The van der Waals surface area contributed by atoms with Gasteiger partial charge in [0, 0.05) is 43.4 Å². The number of likely N-dealkylation sites (tertiary alicyclic amines) is 1. The van der Waals surface area contributed by atoms with E-state index in [1.807, 2.05) is 55.1 Å². The molecule has 0 radical (unpaired) electrons. The number of amides is 3. The first kappa shape index (κ1) is 21.0. The van der Waals surface area contributed by atoms with E-state index in [2.05, 4.69) is 10.3 Å². The summed E-state index contributed by atoms with van der Waals surface area (Å²) in [5.74, 6) is 0.0524. The maximum absolute atomic E-state index is 13.0. The number of nitrogens with one attached hydrogen (secondary N) is 1. The SMILES string of the molecule is Cc1ccc(N2CC(C(=O)N3CCC(C(=O)Nc4cccc(C)n4)CC3)CC2=O)cc1. The van der Waals surface area contributed by atoms with E-state index in [1.165, 1.54) is 0 Å². The van der Waals surface area contributed by atoms with E-state index in [1.54, 1.807) is 11.0 Å². The molecule has 7 nitrogen and oxygen atoms in total. The number of pyridine rings is 1. The van der Waals surface area contributed by atoms with Gasteiger partial charge in [-0.15, -0.1) is 0 Å². The Morgan fingerprint density at radius 1 is 1.00 bits per heavy atom. The summed E-state index contributed by atoms with van der Waals surface area (Å²) < 4.78 is 0. The summed E-state index contributed by atoms with van der Waals surface area (Å²) in [6.45, 7) is 5.37. The van der Waals surface area contributed by atoms with Crippen molar-refractivity contribution in [3.05, 3.63) is 53.7 Å². The fourth-order valence-electron chi connectivity index (χ4n) is 4.31. The largest absolute Gasteiger partial charge is 0.342 e. The topological polar surface area (TPSA) is 82.6 Å². The Hall–Kier alpha value is -3.22. The van der Waals surface area contributed by atoms with Crippen LogP contribution >= 0.6 is 0 Å². The first-order valence-corrected chi connectivity index (χ1v) is 10.8. The van der Waals surface area contributed by atoms with Crippen LogP contribution in [0.25, 0.3) is 0 Å². The van der Waals surface area contributed by atoms with Crippen LogP contribution in [0, 0.1) is 25.7 Å². The van der Waals surface area contributed by atoms with E-state index in [-0.39, 0.29) is 36.0 Å². The quantitative estimate of drug-likeness (QED) is 0.825. The molecule has 1 N–H and O–H groups in total. The highest BCUT2D eigenvalue weighted by atomic mass is 16.2. The lowest BCUT2D eigenvalue weighted by Crippen LogP contribution is -2.44. The highest BCUT2D eigenvalue weighted by Crippen LogP contribution is 2.28. The summed E-state index contributed by atoms with van der Waals surface area (Å²) in [5, 5.41) is 2.88. The molecule has 1 atom stereocenters. The van der Waals surface area contributed by atoms with Gasteiger partial charge in [-0.2, -0.15) is 0 Å². The van der Waals surface area contributed by atoms with Crippen molar-refractivity contribution >= 4 is 29.2 Å². The number of hydrogen-bond acceptors (Lipinski definition) is 4. The fraction of sp³-hybridized carbons (Fsp3) is 0.417. The minimum atomic E-state index is -0.323. The predicted octanol–water partition coefficient (Wildman–Crippen LogP) is 2.93. The van der Waals surface area contributed by atoms with Crippen LogP contribution in [-0.2, 0) is 14.4 Å². The molecule has 2 aliphatic heterocycles. The molecule has 3 amide bonds. The molecule has 31 heavy (non-hydrogen) atoms. The van der Waals surface area contributed by atoms with Crippen LogP contribution in [0.1, 0.15) is 30.5 Å². The van der Waals surface area contributed by atoms with Gasteiger partial charge in [-0.05, 0) is 51.0 Å². The van der Waals surface area contributed by atoms with Crippen molar-refractivity contribution in [2.75, 3.05) is 29.9 Å². The Labute approximate surface area is 182 Å². The number of hydrogen-bond donors (Lipinski definition) is 1. The summed E-state index contributed by atoms with van der Waals surface area (Å²) in [5.41, 5.74) is 2.82. The van der Waals surface area contributed by atoms with Gasteiger partial charge >= 0.3 is 0 Å². The molecule has 1 aromatic carbocycles. The molecule has 0 saturated carbocycles. The van der Waals surface area contributed by atoms with Crippen molar-refractivity contribution in [3.63, 3.8) is 0 Å². The molecule has 4 rings (SSSR count). The minimum Gasteiger partial charge on any atom is -0.342 e. The third-order valence-corrected chi connectivity index (χ3v) is 6.14. The molecule has 2 fully saturated rings. The molecular weight excluding hydrogens is 392 g/mol. The maximum Gasteiger partial charge on any atom is 0.228 e. The van der Waals surface area contributed by atoms with Crippen LogP contribution in [-0.4, -0.2) is 47.2 Å². The Morgan fingerprint density at radius 3 is 2.39 bits per heavy atom. The second-order valence-corrected chi connectivity index (χ2v) is 8.49. The van der Waals surface area contributed by atoms with Gasteiger partial charge in [-0.25, -0.2) is 4.98 Å². The number of anilines is 2. The zero-order valence-electron chi connectivity index (χ0n) is 18.0. The van der Waals surface area contributed by atoms with Gasteiger partial charge in [0.25, 0.3) is 0 Å². The van der Waals surface area contributed by atoms with E-state index < -0.39 is 0 Å². The van der Waals surface area contributed by atoms with Gasteiger partial charge in [-0.3, -0.25) is 14.4 Å². The maximum atomic E-state index is 13.0. The number of piperidine rings is 1. The Balaban J connectivity index is 1.30. The Bertz CT molecular complexity index is 981. The summed E-state index contributed by atoms with van der Waals surface area (Å²) >= 11 is 0. The van der Waals surface area contributed by atoms with E-state index >= 15 is 0 Å². The number of aryl methyl sites for hydroxylation is 2. The van der Waals surface area contributed by atoms with Crippen molar-refractivity contribution < 1.29 is 14.4 Å². The van der Waals surface area contributed by atoms with Gasteiger partial charge in [0.15, 0.2) is 0 Å². The van der Waals surface area contributed by atoms with Gasteiger partial charge in [-0.1, -0.05) is 23.8 Å². The molecule has 162 valence electrons. The number of rotatable bonds is 4. The number of benzene rings is 1. The molecule has 1 unspecified atom stereocenters. The van der Waals surface area contributed by atoms with Crippen molar-refractivity contribution in [3.8, 4) is 0 Å². The summed E-state index contributed by atoms with van der Waals surface area (Å²) in [6.07, 6.45) is 1.48. The minimum absolute atomic E-state index is 0.0119. The molecule has 2 aromatic rings. The highest BCUT2D eigenvalue weighted by Gasteiger charge is 2.38. The number of aromatic nitrogens is 1. The number of nitrogens with zero attached hydrogens (tertiary/aromatic N) is 3. The van der Waals surface area contributed by atoms with Gasteiger partial charge in [0.05, 0.1) is 5.92 Å². The first-order chi connectivity index (χ1) is 14.9. The third-order valence-electron chi connectivity index (χ3n) is 6.14. The summed E-state index contributed by atoms with van der Waals surface area (Å²) in [4.78, 5) is 45.9. The van der Waals surface area contributed by atoms with Gasteiger partial charge in [0.2, 0.25) is 17.7 Å². The van der Waals surface area contributed by atoms with E-state index in [0.29, 0.717) is 38.3 Å². The lowest BCUT2D eigenvalue weighted by atomic mass is 9.94. The standard InChI is InChI=1S/C24H28N4O3/c1-16-6-8-20(9-7-16)28-15-19(14-22(28)29)24(31)27-12-10-18(11-13-27)23(30)26-21-5-3-4-17(2)25-21/h3-9,18-19H,10-15H2,1-2H3,(H,25,26,30). The molecule has 2 aliphatic rings. The van der Waals surface area contributed by atoms with Crippen LogP contribution in [0.15, 0.2) is 42.5 Å². The predicted molar refractivity (Wildman–Crippen MR) is 119 cm³/mol. The van der Waals surface area contributed by atoms with Crippen LogP contribution < -0.4 is 10.2 Å². The van der Waals surface area contributed by atoms with Crippen molar-refractivity contribution in [1.29, 1.82) is 0 Å². The van der Waals surface area contributed by atoms with E-state index in [0.717, 1.165) is 16.9 Å². The molecule has 0 bridgehead atoms. The number of carbonyl (C=O) groups excluding carboxylic acids is 3. The molecule has 0 aliphatic carbocycles. The zero-order chi connectivity index (χ0) is 22.0. The van der Waals surface area contributed by atoms with Crippen molar-refractivity contribution in [1.82, 2.24) is 9.88 Å². The van der Waals surface area contributed by atoms with E-state index in [4.69, 9.17) is 0 Å². The summed E-state index contributed by atoms with van der Waals surface area (Å²) in [6, 6.07) is 13.3. The lowest BCUT2D eigenvalue weighted by molar-refractivity contribution is -0.138. The second-order valence-electron chi connectivity index (χ2n) is 8.49. The van der Waals surface area contributed by atoms with E-state index in [9.17, 15) is 14.4 Å². The van der Waals surface area contributed by atoms with Crippen LogP contribution in [0.3, 0.4) is 0 Å². The molecule has 0 spiro atoms. The number of carbonyl (C=O) groups is 3. The zero-order valence-corrected chi connectivity index (χ0v) is 18.0. The fourth-order valence-corrected chi connectivity index (χ4v) is 4.31. The average molecular weight is 421 g/mol.